The normalized spacial score (nSPS) is 14.3. The SMILES string of the molecule is CCOC(=O)c1c(O)c2cc(Br)c(F)cc2n(C2CC2)c1=O. The van der Waals surface area contributed by atoms with E-state index in [0.717, 1.165) is 12.8 Å². The molecule has 7 heteroatoms. The van der Waals surface area contributed by atoms with Crippen molar-refractivity contribution in [1.29, 1.82) is 0 Å². The maximum atomic E-state index is 13.8. The lowest BCUT2D eigenvalue weighted by Gasteiger charge is -2.14. The summed E-state index contributed by atoms with van der Waals surface area (Å²) in [4.78, 5) is 24.6. The van der Waals surface area contributed by atoms with Crippen LogP contribution in [0.25, 0.3) is 10.9 Å². The van der Waals surface area contributed by atoms with Crippen LogP contribution in [0.15, 0.2) is 21.4 Å². The fourth-order valence-corrected chi connectivity index (χ4v) is 2.82. The minimum absolute atomic E-state index is 0.0793. The maximum absolute atomic E-state index is 13.8. The van der Waals surface area contributed by atoms with E-state index < -0.39 is 28.7 Å². The third-order valence-corrected chi connectivity index (χ3v) is 4.22. The summed E-state index contributed by atoms with van der Waals surface area (Å²) in [5, 5.41) is 10.6. The molecule has 2 aromatic rings. The highest BCUT2D eigenvalue weighted by Crippen LogP contribution is 2.39. The van der Waals surface area contributed by atoms with E-state index in [9.17, 15) is 19.1 Å². The molecule has 3 rings (SSSR count). The Bertz CT molecular complexity index is 842. The predicted octanol–water partition coefficient (Wildman–Crippen LogP) is 3.12. The first kappa shape index (κ1) is 15.0. The number of aromatic nitrogens is 1. The van der Waals surface area contributed by atoms with E-state index in [2.05, 4.69) is 15.9 Å². The topological polar surface area (TPSA) is 68.5 Å². The smallest absolute Gasteiger partial charge is 0.347 e. The number of rotatable bonds is 3. The van der Waals surface area contributed by atoms with Crippen molar-refractivity contribution in [3.8, 4) is 5.75 Å². The Labute approximate surface area is 133 Å². The molecule has 0 spiro atoms. The Kier molecular flexibility index (Phi) is 3.68. The number of hydrogen-bond acceptors (Lipinski definition) is 4. The van der Waals surface area contributed by atoms with Crippen molar-refractivity contribution < 1.29 is 19.0 Å². The number of hydrogen-bond donors (Lipinski definition) is 1. The van der Waals surface area contributed by atoms with Gasteiger partial charge in [-0.3, -0.25) is 4.79 Å². The first-order chi connectivity index (χ1) is 10.5. The average molecular weight is 370 g/mol. The summed E-state index contributed by atoms with van der Waals surface area (Å²) in [6.07, 6.45) is 1.56. The van der Waals surface area contributed by atoms with Gasteiger partial charge in [-0.2, -0.15) is 0 Å². The van der Waals surface area contributed by atoms with E-state index in [0.29, 0.717) is 0 Å². The Morgan fingerprint density at radius 3 is 2.77 bits per heavy atom. The molecule has 0 unspecified atom stereocenters. The minimum atomic E-state index is -0.873. The molecule has 22 heavy (non-hydrogen) atoms. The molecule has 0 atom stereocenters. The Morgan fingerprint density at radius 1 is 1.50 bits per heavy atom. The first-order valence-corrected chi connectivity index (χ1v) is 7.68. The number of halogens is 2. The minimum Gasteiger partial charge on any atom is -0.506 e. The Morgan fingerprint density at radius 2 is 2.18 bits per heavy atom. The van der Waals surface area contributed by atoms with Crippen LogP contribution >= 0.6 is 15.9 Å². The fraction of sp³-hybridized carbons (Fsp3) is 0.333. The lowest BCUT2D eigenvalue weighted by atomic mass is 10.1. The molecule has 5 nitrogen and oxygen atoms in total. The molecule has 1 aliphatic carbocycles. The van der Waals surface area contributed by atoms with E-state index in [1.165, 1.54) is 16.7 Å². The average Bonchev–Trinajstić information content (AvgIpc) is 3.26. The lowest BCUT2D eigenvalue weighted by molar-refractivity contribution is 0.0520. The fourth-order valence-electron chi connectivity index (χ4n) is 2.47. The second kappa shape index (κ2) is 5.39. The number of ether oxygens (including phenoxy) is 1. The van der Waals surface area contributed by atoms with Gasteiger partial charge in [0.25, 0.3) is 5.56 Å². The first-order valence-electron chi connectivity index (χ1n) is 6.89. The standard InChI is InChI=1S/C15H13BrFNO4/c1-2-22-15(21)12-13(19)8-5-9(16)10(17)6-11(8)18(14(12)20)7-3-4-7/h5-7,19H,2-4H2,1H3. The number of pyridine rings is 1. The summed E-state index contributed by atoms with van der Waals surface area (Å²) in [5.74, 6) is -1.89. The van der Waals surface area contributed by atoms with Crippen molar-refractivity contribution in [2.75, 3.05) is 6.61 Å². The second-order valence-corrected chi connectivity index (χ2v) is 5.99. The molecule has 1 heterocycles. The summed E-state index contributed by atoms with van der Waals surface area (Å²) in [5.41, 5.74) is -0.772. The molecule has 1 aromatic heterocycles. The summed E-state index contributed by atoms with van der Waals surface area (Å²) >= 11 is 3.05. The number of fused-ring (bicyclic) bond motifs is 1. The summed E-state index contributed by atoms with van der Waals surface area (Å²) in [6, 6.07) is 2.47. The molecule has 1 aromatic carbocycles. The largest absolute Gasteiger partial charge is 0.506 e. The zero-order chi connectivity index (χ0) is 16.0. The van der Waals surface area contributed by atoms with Crippen molar-refractivity contribution in [3.63, 3.8) is 0 Å². The van der Waals surface area contributed by atoms with Crippen LogP contribution in [0, 0.1) is 5.82 Å². The van der Waals surface area contributed by atoms with E-state index >= 15 is 0 Å². The molecule has 116 valence electrons. The number of carbonyl (C=O) groups excluding carboxylic acids is 1. The number of aromatic hydroxyl groups is 1. The van der Waals surface area contributed by atoms with Gasteiger partial charge in [0.1, 0.15) is 11.6 Å². The van der Waals surface area contributed by atoms with Crippen LogP contribution in [0.4, 0.5) is 4.39 Å². The lowest BCUT2D eigenvalue weighted by Crippen LogP contribution is -2.27. The van der Waals surface area contributed by atoms with Crippen molar-refractivity contribution in [2.45, 2.75) is 25.8 Å². The zero-order valence-electron chi connectivity index (χ0n) is 11.7. The van der Waals surface area contributed by atoms with Gasteiger partial charge in [0.05, 0.1) is 16.6 Å². The molecule has 1 aliphatic rings. The van der Waals surface area contributed by atoms with Gasteiger partial charge >= 0.3 is 5.97 Å². The van der Waals surface area contributed by atoms with E-state index in [4.69, 9.17) is 4.74 Å². The van der Waals surface area contributed by atoms with Gasteiger partial charge in [-0.1, -0.05) is 0 Å². The van der Waals surface area contributed by atoms with E-state index in [-0.39, 0.29) is 28.0 Å². The van der Waals surface area contributed by atoms with Crippen LogP contribution in [0.3, 0.4) is 0 Å². The van der Waals surface area contributed by atoms with Crippen LogP contribution in [-0.4, -0.2) is 22.2 Å². The van der Waals surface area contributed by atoms with Crippen LogP contribution in [0.5, 0.6) is 5.75 Å². The van der Waals surface area contributed by atoms with Crippen LogP contribution in [0.1, 0.15) is 36.2 Å². The zero-order valence-corrected chi connectivity index (χ0v) is 13.3. The van der Waals surface area contributed by atoms with Gasteiger partial charge in [0.15, 0.2) is 5.56 Å². The monoisotopic (exact) mass is 369 g/mol. The maximum Gasteiger partial charge on any atom is 0.347 e. The van der Waals surface area contributed by atoms with E-state index in [1.54, 1.807) is 6.92 Å². The summed E-state index contributed by atoms with van der Waals surface area (Å²) in [7, 11) is 0. The van der Waals surface area contributed by atoms with Crippen LogP contribution < -0.4 is 5.56 Å². The number of nitrogens with zero attached hydrogens (tertiary/aromatic N) is 1. The Hall–Kier alpha value is -1.89. The van der Waals surface area contributed by atoms with E-state index in [1.807, 2.05) is 0 Å². The van der Waals surface area contributed by atoms with Gasteiger partial charge in [-0.15, -0.1) is 0 Å². The third kappa shape index (κ3) is 2.29. The highest BCUT2D eigenvalue weighted by atomic mass is 79.9. The van der Waals surface area contributed by atoms with Crippen molar-refractivity contribution in [3.05, 3.63) is 38.3 Å². The number of benzene rings is 1. The highest BCUT2D eigenvalue weighted by molar-refractivity contribution is 9.10. The van der Waals surface area contributed by atoms with Crippen molar-refractivity contribution in [2.24, 2.45) is 0 Å². The molecule has 0 saturated heterocycles. The molecular formula is C15H13BrFNO4. The molecule has 0 amide bonds. The summed E-state index contributed by atoms with van der Waals surface area (Å²) in [6.45, 7) is 1.70. The molecule has 0 bridgehead atoms. The van der Waals surface area contributed by atoms with Crippen molar-refractivity contribution in [1.82, 2.24) is 4.57 Å². The number of esters is 1. The van der Waals surface area contributed by atoms with Gasteiger partial charge in [0, 0.05) is 11.4 Å². The quantitative estimate of drug-likeness (QED) is 0.843. The van der Waals surface area contributed by atoms with Gasteiger partial charge < -0.3 is 14.4 Å². The molecule has 1 saturated carbocycles. The van der Waals surface area contributed by atoms with Crippen LogP contribution in [0.2, 0.25) is 0 Å². The molecule has 1 N–H and O–H groups in total. The molecule has 0 aliphatic heterocycles. The summed E-state index contributed by atoms with van der Waals surface area (Å²) < 4.78 is 20.2. The van der Waals surface area contributed by atoms with Gasteiger partial charge in [0.2, 0.25) is 0 Å². The highest BCUT2D eigenvalue weighted by Gasteiger charge is 2.31. The number of carbonyl (C=O) groups is 1. The van der Waals surface area contributed by atoms with Gasteiger partial charge in [-0.05, 0) is 47.8 Å². The molecule has 0 radical (unpaired) electrons. The molecular weight excluding hydrogens is 357 g/mol. The van der Waals surface area contributed by atoms with Gasteiger partial charge in [-0.25, -0.2) is 9.18 Å². The predicted molar refractivity (Wildman–Crippen MR) is 81.8 cm³/mol. The Balaban J connectivity index is 2.40. The van der Waals surface area contributed by atoms with Crippen LogP contribution in [-0.2, 0) is 4.74 Å². The third-order valence-electron chi connectivity index (χ3n) is 3.61. The second-order valence-electron chi connectivity index (χ2n) is 5.13. The molecule has 1 fully saturated rings. The van der Waals surface area contributed by atoms with Crippen molar-refractivity contribution >= 4 is 32.8 Å².